The number of nitriles is 1. The summed E-state index contributed by atoms with van der Waals surface area (Å²) in [5, 5.41) is 13.2. The molecule has 0 aliphatic carbocycles. The van der Waals surface area contributed by atoms with Gasteiger partial charge in [0.15, 0.2) is 0 Å². The second-order valence-electron chi connectivity index (χ2n) is 6.87. The molecule has 0 N–H and O–H groups in total. The van der Waals surface area contributed by atoms with Crippen LogP contribution in [0.5, 0.6) is 0 Å². The highest BCUT2D eigenvalue weighted by atomic mass is 32.2. The second-order valence-corrected chi connectivity index (χ2v) is 8.81. The first kappa shape index (κ1) is 20.0. The molecule has 28 heavy (non-hydrogen) atoms. The summed E-state index contributed by atoms with van der Waals surface area (Å²) >= 11 is 0. The van der Waals surface area contributed by atoms with Gasteiger partial charge in [-0.1, -0.05) is 0 Å². The highest BCUT2D eigenvalue weighted by molar-refractivity contribution is 7.89. The lowest BCUT2D eigenvalue weighted by Gasteiger charge is -2.34. The van der Waals surface area contributed by atoms with Crippen molar-refractivity contribution in [2.75, 3.05) is 26.2 Å². The van der Waals surface area contributed by atoms with E-state index in [9.17, 15) is 13.2 Å². The molecule has 0 radical (unpaired) electrons. The van der Waals surface area contributed by atoms with Gasteiger partial charge in [0.05, 0.1) is 28.6 Å². The Morgan fingerprint density at radius 2 is 1.75 bits per heavy atom. The number of hydrogen-bond acceptors (Lipinski definition) is 5. The molecule has 0 spiro atoms. The fourth-order valence-corrected chi connectivity index (χ4v) is 4.79. The minimum Gasteiger partial charge on any atom is -0.340 e. The molecule has 0 unspecified atom stereocenters. The van der Waals surface area contributed by atoms with Crippen LogP contribution in [0.1, 0.15) is 22.5 Å². The fourth-order valence-electron chi connectivity index (χ4n) is 3.36. The number of aryl methyl sites for hydroxylation is 2. The van der Waals surface area contributed by atoms with Crippen LogP contribution in [0.4, 0.5) is 0 Å². The lowest BCUT2D eigenvalue weighted by atomic mass is 10.1. The topological polar surface area (TPSA) is 99.3 Å². The van der Waals surface area contributed by atoms with Crippen LogP contribution in [0.15, 0.2) is 29.2 Å². The van der Waals surface area contributed by atoms with Gasteiger partial charge in [-0.05, 0) is 38.1 Å². The van der Waals surface area contributed by atoms with E-state index in [4.69, 9.17) is 5.26 Å². The quantitative estimate of drug-likeness (QED) is 0.761. The lowest BCUT2D eigenvalue weighted by molar-refractivity contribution is -0.131. The van der Waals surface area contributed by atoms with Gasteiger partial charge in [0.25, 0.3) is 0 Å². The summed E-state index contributed by atoms with van der Waals surface area (Å²) in [6.07, 6.45) is 0.272. The van der Waals surface area contributed by atoms with E-state index < -0.39 is 10.0 Å². The van der Waals surface area contributed by atoms with Crippen LogP contribution in [0.3, 0.4) is 0 Å². The minimum atomic E-state index is -3.63. The number of aromatic nitrogens is 2. The van der Waals surface area contributed by atoms with E-state index in [1.807, 2.05) is 27.0 Å². The minimum absolute atomic E-state index is 0.0189. The zero-order chi connectivity index (χ0) is 20.5. The number of piperazine rings is 1. The Hall–Kier alpha value is -2.70. The molecule has 0 bridgehead atoms. The van der Waals surface area contributed by atoms with Crippen LogP contribution < -0.4 is 0 Å². The summed E-state index contributed by atoms with van der Waals surface area (Å²) in [5.41, 5.74) is 3.15. The van der Waals surface area contributed by atoms with E-state index in [1.54, 1.807) is 9.58 Å². The van der Waals surface area contributed by atoms with Crippen LogP contribution in [0.25, 0.3) is 0 Å². The summed E-state index contributed by atoms with van der Waals surface area (Å²) in [6, 6.07) is 7.84. The molecule has 1 amide bonds. The Bertz CT molecular complexity index is 1030. The summed E-state index contributed by atoms with van der Waals surface area (Å²) < 4.78 is 28.7. The molecule has 2 aromatic rings. The molecule has 1 aliphatic heterocycles. The largest absolute Gasteiger partial charge is 0.340 e. The molecule has 1 aromatic heterocycles. The number of amides is 1. The van der Waals surface area contributed by atoms with E-state index in [0.717, 1.165) is 17.0 Å². The number of carbonyl (C=O) groups is 1. The van der Waals surface area contributed by atoms with Crippen molar-refractivity contribution in [1.82, 2.24) is 19.0 Å². The third-order valence-corrected chi connectivity index (χ3v) is 7.11. The highest BCUT2D eigenvalue weighted by Gasteiger charge is 2.30. The van der Waals surface area contributed by atoms with E-state index >= 15 is 0 Å². The first-order valence-corrected chi connectivity index (χ1v) is 10.4. The summed E-state index contributed by atoms with van der Waals surface area (Å²) in [4.78, 5) is 14.5. The average molecular weight is 401 g/mol. The average Bonchev–Trinajstić information content (AvgIpc) is 2.94. The maximum Gasteiger partial charge on any atom is 0.243 e. The van der Waals surface area contributed by atoms with E-state index in [2.05, 4.69) is 5.10 Å². The zero-order valence-electron chi connectivity index (χ0n) is 16.2. The molecule has 9 heteroatoms. The molecule has 1 aliphatic rings. The first-order chi connectivity index (χ1) is 13.2. The molecular weight excluding hydrogens is 378 g/mol. The Kier molecular flexibility index (Phi) is 5.54. The maximum atomic E-state index is 12.8. The summed E-state index contributed by atoms with van der Waals surface area (Å²) in [5.74, 6) is -0.0189. The third kappa shape index (κ3) is 3.79. The molecular formula is C19H23N5O3S. The Labute approximate surface area is 165 Å². The SMILES string of the molecule is Cc1nn(C)c(C)c1CC(=O)N1CCN(S(=O)(=O)c2ccc(C#N)cc2)CC1. The Balaban J connectivity index is 1.65. The van der Waals surface area contributed by atoms with Gasteiger partial charge in [-0.25, -0.2) is 8.42 Å². The number of benzene rings is 1. The number of sulfonamides is 1. The Morgan fingerprint density at radius 1 is 1.14 bits per heavy atom. The molecule has 3 rings (SSSR count). The number of nitrogens with zero attached hydrogens (tertiary/aromatic N) is 5. The Morgan fingerprint density at radius 3 is 2.25 bits per heavy atom. The zero-order valence-corrected chi connectivity index (χ0v) is 17.0. The van der Waals surface area contributed by atoms with Gasteiger partial charge in [0.1, 0.15) is 0 Å². The van der Waals surface area contributed by atoms with Gasteiger partial charge in [-0.2, -0.15) is 14.7 Å². The molecule has 0 atom stereocenters. The van der Waals surface area contributed by atoms with Crippen molar-refractivity contribution in [2.24, 2.45) is 7.05 Å². The van der Waals surface area contributed by atoms with Crippen molar-refractivity contribution in [3.8, 4) is 6.07 Å². The van der Waals surface area contributed by atoms with Gasteiger partial charge in [0.2, 0.25) is 15.9 Å². The van der Waals surface area contributed by atoms with E-state index in [1.165, 1.54) is 28.6 Å². The second kappa shape index (κ2) is 7.73. The monoisotopic (exact) mass is 401 g/mol. The molecule has 1 aromatic carbocycles. The molecule has 0 saturated carbocycles. The van der Waals surface area contributed by atoms with Crippen molar-refractivity contribution < 1.29 is 13.2 Å². The normalized spacial score (nSPS) is 15.4. The first-order valence-electron chi connectivity index (χ1n) is 9.01. The van der Waals surface area contributed by atoms with E-state index in [0.29, 0.717) is 18.7 Å². The van der Waals surface area contributed by atoms with Gasteiger partial charge in [0, 0.05) is 44.5 Å². The van der Waals surface area contributed by atoms with Gasteiger partial charge in [-0.3, -0.25) is 9.48 Å². The van der Waals surface area contributed by atoms with Crippen LogP contribution in [0.2, 0.25) is 0 Å². The summed E-state index contributed by atoms with van der Waals surface area (Å²) in [7, 11) is -1.78. The van der Waals surface area contributed by atoms with Crippen molar-refractivity contribution in [1.29, 1.82) is 5.26 Å². The predicted molar refractivity (Wildman–Crippen MR) is 103 cm³/mol. The lowest BCUT2D eigenvalue weighted by Crippen LogP contribution is -2.50. The van der Waals surface area contributed by atoms with Crippen molar-refractivity contribution in [3.63, 3.8) is 0 Å². The molecule has 1 saturated heterocycles. The predicted octanol–water partition coefficient (Wildman–Crippen LogP) is 0.984. The van der Waals surface area contributed by atoms with E-state index in [-0.39, 0.29) is 30.3 Å². The molecule has 2 heterocycles. The van der Waals surface area contributed by atoms with Crippen LogP contribution in [-0.2, 0) is 28.3 Å². The van der Waals surface area contributed by atoms with Crippen molar-refractivity contribution in [3.05, 3.63) is 46.8 Å². The van der Waals surface area contributed by atoms with Gasteiger partial charge in [-0.15, -0.1) is 0 Å². The highest BCUT2D eigenvalue weighted by Crippen LogP contribution is 2.19. The van der Waals surface area contributed by atoms with Gasteiger partial charge >= 0.3 is 0 Å². The third-order valence-electron chi connectivity index (χ3n) is 5.20. The molecule has 148 valence electrons. The van der Waals surface area contributed by atoms with Crippen molar-refractivity contribution >= 4 is 15.9 Å². The van der Waals surface area contributed by atoms with Crippen LogP contribution >= 0.6 is 0 Å². The molecule has 8 nitrogen and oxygen atoms in total. The van der Waals surface area contributed by atoms with Crippen molar-refractivity contribution in [2.45, 2.75) is 25.2 Å². The van der Waals surface area contributed by atoms with Crippen LogP contribution in [0, 0.1) is 25.2 Å². The van der Waals surface area contributed by atoms with Gasteiger partial charge < -0.3 is 4.90 Å². The standard InChI is InChI=1S/C19H23N5O3S/c1-14-18(15(2)22(3)21-14)12-19(25)23-8-10-24(11-9-23)28(26,27)17-6-4-16(13-20)5-7-17/h4-7H,8-12H2,1-3H3. The van der Waals surface area contributed by atoms with Crippen LogP contribution in [-0.4, -0.2) is 59.5 Å². The number of hydrogen-bond donors (Lipinski definition) is 0. The molecule has 1 fully saturated rings. The number of carbonyl (C=O) groups excluding carboxylic acids is 1. The summed E-state index contributed by atoms with van der Waals surface area (Å²) in [6.45, 7) is 5.03. The number of rotatable bonds is 4. The smallest absolute Gasteiger partial charge is 0.243 e. The maximum absolute atomic E-state index is 12.8. The fraction of sp³-hybridized carbons (Fsp3) is 0.421.